The van der Waals surface area contributed by atoms with E-state index in [-0.39, 0.29) is 30.6 Å². The number of para-hydroxylation sites is 1. The molecule has 19 heteroatoms. The Bertz CT molecular complexity index is 2360. The van der Waals surface area contributed by atoms with Crippen molar-refractivity contribution in [1.29, 1.82) is 0 Å². The highest BCUT2D eigenvalue weighted by atomic mass is 35.5. The van der Waals surface area contributed by atoms with Crippen molar-refractivity contribution in [2.75, 3.05) is 100 Å². The van der Waals surface area contributed by atoms with Gasteiger partial charge in [-0.25, -0.2) is 4.98 Å². The number of anilines is 6. The molecule has 1 unspecified atom stereocenters. The molecule has 1 aromatic heterocycles. The van der Waals surface area contributed by atoms with E-state index < -0.39 is 19.1 Å². The molecule has 2 saturated heterocycles. The number of piperidine rings is 1. The summed E-state index contributed by atoms with van der Waals surface area (Å²) in [6.07, 6.45) is 2.29. The van der Waals surface area contributed by atoms with Gasteiger partial charge in [-0.1, -0.05) is 29.8 Å². The predicted molar refractivity (Wildman–Crippen MR) is 238 cm³/mol. The molecule has 4 aromatic rings. The Morgan fingerprint density at radius 1 is 0.919 bits per heavy atom. The predicted octanol–water partition coefficient (Wildman–Crippen LogP) is 4.82. The fraction of sp³-hybridized carbons (Fsp3) is 0.395. The van der Waals surface area contributed by atoms with Crippen LogP contribution in [0.5, 0.6) is 5.75 Å². The molecule has 0 radical (unpaired) electrons. The number of hydrogen-bond donors (Lipinski definition) is 4. The van der Waals surface area contributed by atoms with Gasteiger partial charge in [0.15, 0.2) is 5.82 Å². The first-order valence-corrected chi connectivity index (χ1v) is 23.5. The smallest absolute Gasteiger partial charge is 0.255 e. The Morgan fingerprint density at radius 3 is 2.44 bits per heavy atom. The third kappa shape index (κ3) is 10.6. The minimum atomic E-state index is -2.57. The van der Waals surface area contributed by atoms with Gasteiger partial charge in [0.05, 0.1) is 57.5 Å². The van der Waals surface area contributed by atoms with Gasteiger partial charge in [-0.15, -0.1) is 0 Å². The number of aromatic nitrogens is 2. The first-order valence-electron chi connectivity index (χ1n) is 20.5. The molecule has 3 aromatic carbocycles. The van der Waals surface area contributed by atoms with E-state index in [9.17, 15) is 23.7 Å². The van der Waals surface area contributed by atoms with Gasteiger partial charge in [-0.2, -0.15) is 4.98 Å². The number of rotatable bonds is 18. The zero-order valence-corrected chi connectivity index (χ0v) is 36.6. The largest absolute Gasteiger partial charge is 0.494 e. The Balaban J connectivity index is 0.797. The van der Waals surface area contributed by atoms with Crippen molar-refractivity contribution in [3.05, 3.63) is 83.0 Å². The topological polar surface area (TPSA) is 197 Å². The third-order valence-electron chi connectivity index (χ3n) is 10.9. The molecule has 0 bridgehead atoms. The molecular weight excluding hydrogens is 837 g/mol. The second-order valence-corrected chi connectivity index (χ2v) is 19.0. The lowest BCUT2D eigenvalue weighted by Crippen LogP contribution is -2.52. The van der Waals surface area contributed by atoms with E-state index in [1.165, 1.54) is 11.1 Å². The summed E-state index contributed by atoms with van der Waals surface area (Å²) in [5.41, 5.74) is 4.44. The van der Waals surface area contributed by atoms with E-state index in [2.05, 4.69) is 36.1 Å². The highest BCUT2D eigenvalue weighted by Crippen LogP contribution is 2.39. The normalized spacial score (nSPS) is 16.5. The number of nitrogens with zero attached hydrogens (tertiary/aromatic N) is 5. The van der Waals surface area contributed by atoms with Crippen molar-refractivity contribution in [3.63, 3.8) is 0 Å². The summed E-state index contributed by atoms with van der Waals surface area (Å²) in [5, 5.41) is 13.1. The van der Waals surface area contributed by atoms with Gasteiger partial charge in [0, 0.05) is 79.6 Å². The maximum atomic E-state index is 13.1. The number of carbonyl (C=O) groups is 4. The molecule has 0 spiro atoms. The molecule has 4 N–H and O–H groups in total. The van der Waals surface area contributed by atoms with Crippen molar-refractivity contribution in [3.8, 4) is 5.75 Å². The van der Waals surface area contributed by atoms with Gasteiger partial charge in [0.25, 0.3) is 5.91 Å². The van der Waals surface area contributed by atoms with E-state index >= 15 is 0 Å². The number of amides is 4. The van der Waals surface area contributed by atoms with Crippen molar-refractivity contribution in [2.24, 2.45) is 0 Å². The Morgan fingerprint density at radius 2 is 1.68 bits per heavy atom. The average molecular weight is 888 g/mol. The number of benzene rings is 3. The number of piperazine rings is 1. The second kappa shape index (κ2) is 20.0. The summed E-state index contributed by atoms with van der Waals surface area (Å²) in [5.74, 6) is 0.322. The standard InChI is InChI=1S/C43H51ClN9O8P/c1-59-36-25-28(11-12-33(36)48-43-46-26-31(44)40(50-43)47-34-8-4-5-10-37(34)62(2,3)58)51-17-19-52(20-18-51)39(55)15-21-60-23-24-61-22-16-45-32-9-6-7-29-30(32)27-53(42(29)57)35-13-14-38(54)49-41(35)56/h4-12,25-26,35,45H,13-24,27H2,1-3H3,(H,49,54,56)(H2,46,47,48,50). The van der Waals surface area contributed by atoms with Gasteiger partial charge in [-0.3, -0.25) is 24.5 Å². The lowest BCUT2D eigenvalue weighted by atomic mass is 10.0. The summed E-state index contributed by atoms with van der Waals surface area (Å²) >= 11 is 6.45. The van der Waals surface area contributed by atoms with Crippen molar-refractivity contribution < 1.29 is 38.0 Å². The third-order valence-corrected chi connectivity index (χ3v) is 12.7. The number of ether oxygens (including phenoxy) is 3. The van der Waals surface area contributed by atoms with Crippen LogP contribution in [0, 0.1) is 0 Å². The molecule has 2 fully saturated rings. The second-order valence-electron chi connectivity index (χ2n) is 15.4. The highest BCUT2D eigenvalue weighted by molar-refractivity contribution is 7.70. The van der Waals surface area contributed by atoms with Gasteiger partial charge in [0.2, 0.25) is 23.7 Å². The fourth-order valence-electron chi connectivity index (χ4n) is 7.65. The molecular formula is C43H51ClN9O8P. The Kier molecular flexibility index (Phi) is 14.3. The molecule has 7 rings (SSSR count). The van der Waals surface area contributed by atoms with Crippen LogP contribution in [0.2, 0.25) is 5.02 Å². The SMILES string of the molecule is COc1cc(N2CCN(C(=O)CCOCCOCCNc3cccc4c3CN(C3CCC(=O)NC3=O)C4=O)CC2)ccc1Nc1ncc(Cl)c(Nc2ccccc2P(C)(C)=O)n1. The van der Waals surface area contributed by atoms with Crippen molar-refractivity contribution in [1.82, 2.24) is 25.1 Å². The Hall–Kier alpha value is -5.74. The molecule has 0 aliphatic carbocycles. The molecule has 62 heavy (non-hydrogen) atoms. The molecule has 4 amide bonds. The van der Waals surface area contributed by atoms with Gasteiger partial charge < -0.3 is 49.4 Å². The number of methoxy groups -OCH3 is 1. The zero-order valence-electron chi connectivity index (χ0n) is 34.9. The van der Waals surface area contributed by atoms with E-state index in [1.54, 1.807) is 32.6 Å². The number of imide groups is 1. The van der Waals surface area contributed by atoms with E-state index in [4.69, 9.17) is 25.8 Å². The van der Waals surface area contributed by atoms with Crippen LogP contribution in [0.1, 0.15) is 35.2 Å². The minimum absolute atomic E-state index is 0.0376. The van der Waals surface area contributed by atoms with E-state index in [0.717, 1.165) is 16.9 Å². The summed E-state index contributed by atoms with van der Waals surface area (Å²) in [6, 6.07) is 18.0. The number of halogens is 1. The average Bonchev–Trinajstić information content (AvgIpc) is 3.60. The van der Waals surface area contributed by atoms with E-state index in [1.807, 2.05) is 53.4 Å². The van der Waals surface area contributed by atoms with Crippen LogP contribution in [0.3, 0.4) is 0 Å². The first kappa shape index (κ1) is 44.3. The first-order chi connectivity index (χ1) is 29.9. The molecule has 17 nitrogen and oxygen atoms in total. The monoisotopic (exact) mass is 887 g/mol. The fourth-order valence-corrected chi connectivity index (χ4v) is 8.95. The van der Waals surface area contributed by atoms with Crippen LogP contribution < -0.4 is 36.2 Å². The summed E-state index contributed by atoms with van der Waals surface area (Å²) < 4.78 is 30.0. The van der Waals surface area contributed by atoms with Gasteiger partial charge in [0.1, 0.15) is 24.0 Å². The summed E-state index contributed by atoms with van der Waals surface area (Å²) in [6.45, 7) is 8.10. The van der Waals surface area contributed by atoms with E-state index in [0.29, 0.717) is 117 Å². The lowest BCUT2D eigenvalue weighted by Gasteiger charge is -2.36. The molecule has 0 saturated carbocycles. The maximum Gasteiger partial charge on any atom is 0.255 e. The number of fused-ring (bicyclic) bond motifs is 1. The minimum Gasteiger partial charge on any atom is -0.494 e. The molecule has 3 aliphatic heterocycles. The number of carbonyl (C=O) groups excluding carboxylic acids is 4. The number of hydrogen-bond acceptors (Lipinski definition) is 14. The quantitative estimate of drug-likeness (QED) is 0.0603. The van der Waals surface area contributed by atoms with Crippen molar-refractivity contribution >= 4 is 82.2 Å². The maximum absolute atomic E-state index is 13.1. The molecule has 1 atom stereocenters. The van der Waals surface area contributed by atoms with Crippen LogP contribution >= 0.6 is 18.7 Å². The van der Waals surface area contributed by atoms with Gasteiger partial charge >= 0.3 is 0 Å². The van der Waals surface area contributed by atoms with Crippen LogP contribution in [-0.4, -0.2) is 129 Å². The summed E-state index contributed by atoms with van der Waals surface area (Å²) in [4.78, 5) is 64.5. The van der Waals surface area contributed by atoms with Crippen LogP contribution in [0.4, 0.5) is 34.5 Å². The van der Waals surface area contributed by atoms with Crippen LogP contribution in [0.15, 0.2) is 66.9 Å². The molecule has 328 valence electrons. The van der Waals surface area contributed by atoms with Crippen LogP contribution in [0.25, 0.3) is 0 Å². The molecule has 3 aliphatic rings. The molecule has 4 heterocycles. The lowest BCUT2D eigenvalue weighted by molar-refractivity contribution is -0.137. The van der Waals surface area contributed by atoms with Gasteiger partial charge in [-0.05, 0) is 56.1 Å². The van der Waals surface area contributed by atoms with Crippen LogP contribution in [-0.2, 0) is 35.0 Å². The zero-order chi connectivity index (χ0) is 43.8. The Labute approximate surface area is 365 Å². The number of nitrogens with one attached hydrogen (secondary N) is 4. The van der Waals surface area contributed by atoms with Crippen molar-refractivity contribution in [2.45, 2.75) is 31.8 Å². The highest BCUT2D eigenvalue weighted by Gasteiger charge is 2.40. The summed E-state index contributed by atoms with van der Waals surface area (Å²) in [7, 11) is -0.974.